The molecule has 1 fully saturated rings. The summed E-state index contributed by atoms with van der Waals surface area (Å²) >= 11 is 0. The summed E-state index contributed by atoms with van der Waals surface area (Å²) in [6, 6.07) is 3.13. The van der Waals surface area contributed by atoms with E-state index in [1.807, 2.05) is 6.92 Å². The molecule has 2 rings (SSSR count). The number of nitrogens with one attached hydrogen (secondary N) is 1. The highest BCUT2D eigenvalue weighted by atomic mass is 19.1. The van der Waals surface area contributed by atoms with E-state index in [1.54, 1.807) is 4.90 Å². The average Bonchev–Trinajstić information content (AvgIpc) is 2.89. The maximum absolute atomic E-state index is 13.6. The SMILES string of the molecule is CCC1CCCN1C(=O)Nc1cc(C(=O)O)ccc1F. The van der Waals surface area contributed by atoms with Crippen LogP contribution in [0.4, 0.5) is 14.9 Å². The number of anilines is 1. The van der Waals surface area contributed by atoms with Gasteiger partial charge in [-0.2, -0.15) is 0 Å². The molecule has 1 saturated heterocycles. The van der Waals surface area contributed by atoms with Gasteiger partial charge in [0.2, 0.25) is 0 Å². The monoisotopic (exact) mass is 280 g/mol. The van der Waals surface area contributed by atoms with Crippen molar-refractivity contribution in [1.82, 2.24) is 4.90 Å². The van der Waals surface area contributed by atoms with Gasteiger partial charge in [-0.15, -0.1) is 0 Å². The summed E-state index contributed by atoms with van der Waals surface area (Å²) in [5.41, 5.74) is -0.160. The van der Waals surface area contributed by atoms with Crippen molar-refractivity contribution in [3.05, 3.63) is 29.6 Å². The number of likely N-dealkylation sites (tertiary alicyclic amines) is 1. The lowest BCUT2D eigenvalue weighted by Crippen LogP contribution is -2.38. The van der Waals surface area contributed by atoms with Crippen LogP contribution in [0, 0.1) is 5.82 Å². The number of halogens is 1. The Labute approximate surface area is 116 Å². The highest BCUT2D eigenvalue weighted by Gasteiger charge is 2.27. The number of benzene rings is 1. The largest absolute Gasteiger partial charge is 0.478 e. The highest BCUT2D eigenvalue weighted by Crippen LogP contribution is 2.22. The molecule has 108 valence electrons. The van der Waals surface area contributed by atoms with Crippen molar-refractivity contribution in [3.8, 4) is 0 Å². The van der Waals surface area contributed by atoms with Gasteiger partial charge in [-0.3, -0.25) is 0 Å². The van der Waals surface area contributed by atoms with E-state index in [2.05, 4.69) is 5.32 Å². The Morgan fingerprint density at radius 3 is 2.90 bits per heavy atom. The number of nitrogens with zero attached hydrogens (tertiary/aromatic N) is 1. The van der Waals surface area contributed by atoms with Crippen molar-refractivity contribution in [1.29, 1.82) is 0 Å². The lowest BCUT2D eigenvalue weighted by atomic mass is 10.2. The molecule has 2 N–H and O–H groups in total. The van der Waals surface area contributed by atoms with E-state index >= 15 is 0 Å². The van der Waals surface area contributed by atoms with Crippen LogP contribution in [0.15, 0.2) is 18.2 Å². The predicted molar refractivity (Wildman–Crippen MR) is 72.4 cm³/mol. The maximum Gasteiger partial charge on any atom is 0.335 e. The zero-order valence-electron chi connectivity index (χ0n) is 11.2. The number of carboxylic acid groups (broad SMARTS) is 1. The molecule has 1 aliphatic rings. The van der Waals surface area contributed by atoms with Crippen molar-refractivity contribution in [2.75, 3.05) is 11.9 Å². The predicted octanol–water partition coefficient (Wildman–Crippen LogP) is 2.93. The van der Waals surface area contributed by atoms with Crippen molar-refractivity contribution in [2.24, 2.45) is 0 Å². The van der Waals surface area contributed by atoms with E-state index in [9.17, 15) is 14.0 Å². The van der Waals surface area contributed by atoms with Gasteiger partial charge in [0.1, 0.15) is 5.82 Å². The molecular weight excluding hydrogens is 263 g/mol. The molecule has 0 bridgehead atoms. The van der Waals surface area contributed by atoms with Gasteiger partial charge in [0.15, 0.2) is 0 Å². The summed E-state index contributed by atoms with van der Waals surface area (Å²) in [6.45, 7) is 2.65. The number of hydrogen-bond donors (Lipinski definition) is 2. The molecule has 1 aromatic rings. The number of carboxylic acids is 1. The van der Waals surface area contributed by atoms with Crippen LogP contribution in [0.25, 0.3) is 0 Å². The minimum Gasteiger partial charge on any atom is -0.478 e. The summed E-state index contributed by atoms with van der Waals surface area (Å²) < 4.78 is 13.6. The number of carbonyl (C=O) groups excluding carboxylic acids is 1. The summed E-state index contributed by atoms with van der Waals surface area (Å²) in [4.78, 5) is 24.7. The first-order valence-electron chi connectivity index (χ1n) is 6.63. The van der Waals surface area contributed by atoms with Crippen LogP contribution in [-0.2, 0) is 0 Å². The first-order chi connectivity index (χ1) is 9.52. The van der Waals surface area contributed by atoms with Crippen molar-refractivity contribution >= 4 is 17.7 Å². The fourth-order valence-electron chi connectivity index (χ4n) is 2.47. The molecule has 1 unspecified atom stereocenters. The highest BCUT2D eigenvalue weighted by molar-refractivity contribution is 5.93. The number of amides is 2. The van der Waals surface area contributed by atoms with Gasteiger partial charge >= 0.3 is 12.0 Å². The second-order valence-electron chi connectivity index (χ2n) is 4.83. The van der Waals surface area contributed by atoms with Gasteiger partial charge in [-0.05, 0) is 37.5 Å². The third kappa shape index (κ3) is 2.89. The number of hydrogen-bond acceptors (Lipinski definition) is 2. The van der Waals surface area contributed by atoms with Crippen LogP contribution >= 0.6 is 0 Å². The molecule has 1 aromatic carbocycles. The van der Waals surface area contributed by atoms with Crippen LogP contribution in [0.5, 0.6) is 0 Å². The number of rotatable bonds is 3. The Morgan fingerprint density at radius 2 is 2.25 bits per heavy atom. The third-order valence-corrected chi connectivity index (χ3v) is 3.56. The summed E-state index contributed by atoms with van der Waals surface area (Å²) in [5.74, 6) is -1.80. The maximum atomic E-state index is 13.6. The second-order valence-corrected chi connectivity index (χ2v) is 4.83. The second kappa shape index (κ2) is 5.90. The zero-order valence-corrected chi connectivity index (χ0v) is 11.2. The van der Waals surface area contributed by atoms with Gasteiger partial charge in [0.05, 0.1) is 11.3 Å². The molecule has 0 saturated carbocycles. The van der Waals surface area contributed by atoms with Crippen molar-refractivity contribution in [3.63, 3.8) is 0 Å². The van der Waals surface area contributed by atoms with Crippen molar-refractivity contribution in [2.45, 2.75) is 32.2 Å². The van der Waals surface area contributed by atoms with E-state index in [1.165, 1.54) is 0 Å². The Kier molecular flexibility index (Phi) is 4.22. The fourth-order valence-corrected chi connectivity index (χ4v) is 2.47. The lowest BCUT2D eigenvalue weighted by Gasteiger charge is -2.24. The van der Waals surface area contributed by atoms with Crippen LogP contribution in [-0.4, -0.2) is 34.6 Å². The van der Waals surface area contributed by atoms with E-state index in [-0.39, 0.29) is 23.3 Å². The van der Waals surface area contributed by atoms with E-state index in [0.717, 1.165) is 37.5 Å². The molecule has 0 spiro atoms. The van der Waals surface area contributed by atoms with Crippen molar-refractivity contribution < 1.29 is 19.1 Å². The van der Waals surface area contributed by atoms with Gasteiger partial charge in [0.25, 0.3) is 0 Å². The molecule has 5 nitrogen and oxygen atoms in total. The summed E-state index contributed by atoms with van der Waals surface area (Å²) in [7, 11) is 0. The molecule has 0 aromatic heterocycles. The Morgan fingerprint density at radius 1 is 1.50 bits per heavy atom. The fraction of sp³-hybridized carbons (Fsp3) is 0.429. The van der Waals surface area contributed by atoms with E-state index in [0.29, 0.717) is 6.54 Å². The zero-order chi connectivity index (χ0) is 14.7. The topological polar surface area (TPSA) is 69.6 Å². The molecular formula is C14H17FN2O3. The number of aromatic carboxylic acids is 1. The number of urea groups is 1. The minimum atomic E-state index is -1.16. The first kappa shape index (κ1) is 14.3. The molecule has 2 amide bonds. The van der Waals surface area contributed by atoms with Gasteiger partial charge < -0.3 is 15.3 Å². The van der Waals surface area contributed by atoms with Crippen LogP contribution in [0.3, 0.4) is 0 Å². The van der Waals surface area contributed by atoms with Gasteiger partial charge in [-0.1, -0.05) is 6.92 Å². The molecule has 20 heavy (non-hydrogen) atoms. The van der Waals surface area contributed by atoms with Crippen LogP contribution in [0.2, 0.25) is 0 Å². The Hall–Kier alpha value is -2.11. The van der Waals surface area contributed by atoms with Crippen LogP contribution < -0.4 is 5.32 Å². The molecule has 1 heterocycles. The molecule has 1 aliphatic heterocycles. The van der Waals surface area contributed by atoms with E-state index in [4.69, 9.17) is 5.11 Å². The molecule has 1 atom stereocenters. The minimum absolute atomic E-state index is 0.0600. The lowest BCUT2D eigenvalue weighted by molar-refractivity contribution is 0.0697. The average molecular weight is 280 g/mol. The number of carbonyl (C=O) groups is 2. The third-order valence-electron chi connectivity index (χ3n) is 3.56. The van der Waals surface area contributed by atoms with Gasteiger partial charge in [0, 0.05) is 12.6 Å². The summed E-state index contributed by atoms with van der Waals surface area (Å²) in [5, 5.41) is 11.3. The summed E-state index contributed by atoms with van der Waals surface area (Å²) in [6.07, 6.45) is 2.73. The quantitative estimate of drug-likeness (QED) is 0.894. The normalized spacial score (nSPS) is 18.1. The molecule has 0 aliphatic carbocycles. The Bertz CT molecular complexity index is 533. The van der Waals surface area contributed by atoms with E-state index < -0.39 is 11.8 Å². The Balaban J connectivity index is 2.15. The standard InChI is InChI=1S/C14H17FN2O3/c1-2-10-4-3-7-17(10)14(20)16-12-8-9(13(18)19)5-6-11(12)15/h5-6,8,10H,2-4,7H2,1H3,(H,16,20)(H,18,19). The molecule has 0 radical (unpaired) electrons. The smallest absolute Gasteiger partial charge is 0.335 e. The van der Waals surface area contributed by atoms with Gasteiger partial charge in [-0.25, -0.2) is 14.0 Å². The first-order valence-corrected chi connectivity index (χ1v) is 6.63. The van der Waals surface area contributed by atoms with Crippen LogP contribution in [0.1, 0.15) is 36.5 Å². The molecule has 6 heteroatoms.